The zero-order valence-electron chi connectivity index (χ0n) is 10.9. The Kier molecular flexibility index (Phi) is 3.74. The van der Waals surface area contributed by atoms with Gasteiger partial charge >= 0.3 is 5.97 Å². The Morgan fingerprint density at radius 3 is 2.30 bits per heavy atom. The van der Waals surface area contributed by atoms with Crippen LogP contribution in [-0.4, -0.2) is 31.1 Å². The normalized spacial score (nSPS) is 10.1. The Labute approximate surface area is 114 Å². The minimum Gasteiger partial charge on any atom is -0.497 e. The monoisotopic (exact) mass is 276 g/mol. The van der Waals surface area contributed by atoms with E-state index in [2.05, 4.69) is 0 Å². The van der Waals surface area contributed by atoms with Gasteiger partial charge in [0.15, 0.2) is 5.76 Å². The Balaban J connectivity index is 2.39. The molecule has 0 saturated carbocycles. The molecule has 1 heterocycles. The fraction of sp³-hybridized carbons (Fsp3) is 0.143. The number of carbonyl (C=O) groups is 2. The summed E-state index contributed by atoms with van der Waals surface area (Å²) in [6.45, 7) is 0. The number of hydrogen-bond acceptors (Lipinski definition) is 5. The van der Waals surface area contributed by atoms with E-state index in [1.807, 2.05) is 0 Å². The maximum Gasteiger partial charge on any atom is 0.371 e. The van der Waals surface area contributed by atoms with Crippen molar-refractivity contribution in [3.05, 3.63) is 47.4 Å². The van der Waals surface area contributed by atoms with Gasteiger partial charge in [-0.15, -0.1) is 0 Å². The second-order valence-electron chi connectivity index (χ2n) is 3.86. The van der Waals surface area contributed by atoms with Gasteiger partial charge < -0.3 is 19.0 Å². The maximum atomic E-state index is 12.3. The Morgan fingerprint density at radius 1 is 1.05 bits per heavy atom. The Hall–Kier alpha value is -2.76. The minimum atomic E-state index is -1.23. The Morgan fingerprint density at radius 2 is 1.75 bits per heavy atom. The molecule has 0 saturated heterocycles. The van der Waals surface area contributed by atoms with Crippen LogP contribution in [0.1, 0.15) is 26.7 Å². The maximum absolute atomic E-state index is 12.3. The van der Waals surface area contributed by atoms with Crippen LogP contribution >= 0.6 is 0 Å². The standard InChI is InChI=1S/C14H12O6/c1-18-8-3-4-9(12(7-8)19-2)13(15)10-5-6-11(20-10)14(16)17/h3-7H,1-2H3,(H,16,17). The van der Waals surface area contributed by atoms with Crippen LogP contribution in [-0.2, 0) is 0 Å². The number of ketones is 1. The summed E-state index contributed by atoms with van der Waals surface area (Å²) in [7, 11) is 2.93. The lowest BCUT2D eigenvalue weighted by molar-refractivity contribution is 0.0660. The molecule has 0 spiro atoms. The number of benzene rings is 1. The van der Waals surface area contributed by atoms with Crippen molar-refractivity contribution in [2.75, 3.05) is 14.2 Å². The summed E-state index contributed by atoms with van der Waals surface area (Å²) >= 11 is 0. The number of furan rings is 1. The second-order valence-corrected chi connectivity index (χ2v) is 3.86. The molecule has 2 rings (SSSR count). The van der Waals surface area contributed by atoms with Crippen molar-refractivity contribution in [3.63, 3.8) is 0 Å². The molecule has 0 atom stereocenters. The second kappa shape index (κ2) is 5.48. The summed E-state index contributed by atoms with van der Waals surface area (Å²) in [4.78, 5) is 23.0. The van der Waals surface area contributed by atoms with Crippen LogP contribution < -0.4 is 9.47 Å². The number of aromatic carboxylic acids is 1. The predicted octanol–water partition coefficient (Wildman–Crippen LogP) is 2.23. The molecule has 1 aromatic carbocycles. The van der Waals surface area contributed by atoms with Gasteiger partial charge in [0.1, 0.15) is 11.5 Å². The van der Waals surface area contributed by atoms with E-state index in [1.165, 1.54) is 32.4 Å². The van der Waals surface area contributed by atoms with E-state index in [0.717, 1.165) is 0 Å². The van der Waals surface area contributed by atoms with Crippen LogP contribution in [0.5, 0.6) is 11.5 Å². The third kappa shape index (κ3) is 2.49. The van der Waals surface area contributed by atoms with Crippen LogP contribution in [0.25, 0.3) is 0 Å². The molecular weight excluding hydrogens is 264 g/mol. The predicted molar refractivity (Wildman–Crippen MR) is 68.6 cm³/mol. The van der Waals surface area contributed by atoms with Crippen molar-refractivity contribution in [1.82, 2.24) is 0 Å². The zero-order valence-corrected chi connectivity index (χ0v) is 10.9. The van der Waals surface area contributed by atoms with E-state index >= 15 is 0 Å². The van der Waals surface area contributed by atoms with Crippen molar-refractivity contribution >= 4 is 11.8 Å². The van der Waals surface area contributed by atoms with E-state index in [-0.39, 0.29) is 17.1 Å². The summed E-state index contributed by atoms with van der Waals surface area (Å²) < 4.78 is 15.1. The molecule has 2 aromatic rings. The van der Waals surface area contributed by atoms with Crippen molar-refractivity contribution in [2.24, 2.45) is 0 Å². The molecular formula is C14H12O6. The first-order valence-electron chi connectivity index (χ1n) is 5.66. The zero-order chi connectivity index (χ0) is 14.7. The van der Waals surface area contributed by atoms with Crippen LogP contribution in [0.4, 0.5) is 0 Å². The topological polar surface area (TPSA) is 86.0 Å². The SMILES string of the molecule is COc1ccc(C(=O)c2ccc(C(=O)O)o2)c(OC)c1. The average molecular weight is 276 g/mol. The quantitative estimate of drug-likeness (QED) is 0.843. The molecule has 1 aromatic heterocycles. The molecule has 0 aliphatic heterocycles. The van der Waals surface area contributed by atoms with Gasteiger partial charge in [0.25, 0.3) is 0 Å². The molecule has 6 heteroatoms. The first-order chi connectivity index (χ1) is 9.56. The number of hydrogen-bond donors (Lipinski definition) is 1. The fourth-order valence-electron chi connectivity index (χ4n) is 1.69. The number of ether oxygens (including phenoxy) is 2. The third-order valence-corrected chi connectivity index (χ3v) is 2.69. The van der Waals surface area contributed by atoms with Crippen molar-refractivity contribution in [3.8, 4) is 11.5 Å². The molecule has 0 fully saturated rings. The van der Waals surface area contributed by atoms with Crippen molar-refractivity contribution < 1.29 is 28.6 Å². The van der Waals surface area contributed by atoms with Crippen LogP contribution in [0.3, 0.4) is 0 Å². The molecule has 0 aliphatic rings. The van der Waals surface area contributed by atoms with Gasteiger partial charge in [-0.05, 0) is 24.3 Å². The Bertz CT molecular complexity index is 655. The van der Waals surface area contributed by atoms with Gasteiger partial charge in [0.05, 0.1) is 19.8 Å². The summed E-state index contributed by atoms with van der Waals surface area (Å²) in [6, 6.07) is 7.25. The highest BCUT2D eigenvalue weighted by Crippen LogP contribution is 2.27. The van der Waals surface area contributed by atoms with Crippen molar-refractivity contribution in [2.45, 2.75) is 0 Å². The highest BCUT2D eigenvalue weighted by Gasteiger charge is 2.20. The van der Waals surface area contributed by atoms with Crippen molar-refractivity contribution in [1.29, 1.82) is 0 Å². The average Bonchev–Trinajstić information content (AvgIpc) is 2.95. The van der Waals surface area contributed by atoms with Crippen LogP contribution in [0.2, 0.25) is 0 Å². The first-order valence-corrected chi connectivity index (χ1v) is 5.66. The largest absolute Gasteiger partial charge is 0.497 e. The van der Waals surface area contributed by atoms with E-state index < -0.39 is 11.8 Å². The highest BCUT2D eigenvalue weighted by molar-refractivity contribution is 6.09. The van der Waals surface area contributed by atoms with Gasteiger partial charge in [0, 0.05) is 6.07 Å². The minimum absolute atomic E-state index is 0.0640. The summed E-state index contributed by atoms with van der Waals surface area (Å²) in [5.41, 5.74) is 0.264. The summed E-state index contributed by atoms with van der Waals surface area (Å²) in [6.07, 6.45) is 0. The number of carboxylic acid groups (broad SMARTS) is 1. The van der Waals surface area contributed by atoms with Gasteiger partial charge in [-0.1, -0.05) is 0 Å². The summed E-state index contributed by atoms with van der Waals surface area (Å²) in [5, 5.41) is 8.77. The number of carbonyl (C=O) groups excluding carboxylic acids is 1. The van der Waals surface area contributed by atoms with E-state index in [1.54, 1.807) is 12.1 Å². The van der Waals surface area contributed by atoms with Crippen LogP contribution in [0.15, 0.2) is 34.7 Å². The molecule has 0 unspecified atom stereocenters. The third-order valence-electron chi connectivity index (χ3n) is 2.69. The van der Waals surface area contributed by atoms with Crippen LogP contribution in [0, 0.1) is 0 Å². The van der Waals surface area contributed by atoms with Gasteiger partial charge in [-0.25, -0.2) is 4.79 Å². The highest BCUT2D eigenvalue weighted by atomic mass is 16.5. The summed E-state index contributed by atoms with van der Waals surface area (Å²) in [5.74, 6) is -1.18. The molecule has 0 radical (unpaired) electrons. The molecule has 1 N–H and O–H groups in total. The molecule has 6 nitrogen and oxygen atoms in total. The lowest BCUT2D eigenvalue weighted by Crippen LogP contribution is -2.03. The lowest BCUT2D eigenvalue weighted by atomic mass is 10.1. The van der Waals surface area contributed by atoms with E-state index in [0.29, 0.717) is 11.5 Å². The molecule has 0 bridgehead atoms. The molecule has 0 aliphatic carbocycles. The molecule has 0 amide bonds. The van der Waals surface area contributed by atoms with Gasteiger partial charge in [-0.2, -0.15) is 0 Å². The smallest absolute Gasteiger partial charge is 0.371 e. The fourth-order valence-corrected chi connectivity index (χ4v) is 1.69. The molecule has 20 heavy (non-hydrogen) atoms. The number of rotatable bonds is 5. The molecule has 104 valence electrons. The van der Waals surface area contributed by atoms with E-state index in [4.69, 9.17) is 19.0 Å². The number of carboxylic acids is 1. The number of methoxy groups -OCH3 is 2. The lowest BCUT2D eigenvalue weighted by Gasteiger charge is -2.08. The van der Waals surface area contributed by atoms with E-state index in [9.17, 15) is 9.59 Å². The van der Waals surface area contributed by atoms with Gasteiger partial charge in [-0.3, -0.25) is 4.79 Å². The van der Waals surface area contributed by atoms with Gasteiger partial charge in [0.2, 0.25) is 11.5 Å². The first kappa shape index (κ1) is 13.7.